The molecule has 7 heteroatoms. The molecule has 3 nitrogen and oxygen atoms in total. The van der Waals surface area contributed by atoms with E-state index < -0.39 is 0 Å². The number of nitriles is 1. The molecule has 0 saturated heterocycles. The molecule has 0 aliphatic carbocycles. The Morgan fingerprint density at radius 3 is 1.66 bits per heavy atom. The Morgan fingerprint density at radius 2 is 1.16 bits per heavy atom. The van der Waals surface area contributed by atoms with Crippen LogP contribution in [0.5, 0.6) is 0 Å². The van der Waals surface area contributed by atoms with E-state index >= 15 is 0 Å². The second-order valence-electron chi connectivity index (χ2n) is 11.3. The zero-order valence-electron chi connectivity index (χ0n) is 25.1. The molecule has 0 heterocycles. The first-order chi connectivity index (χ1) is 21.2. The van der Waals surface area contributed by atoms with E-state index in [4.69, 9.17) is 5.26 Å². The topological polar surface area (TPSA) is 57.9 Å². The molecule has 4 aromatic carbocycles. The van der Waals surface area contributed by atoms with Crippen LogP contribution in [0.1, 0.15) is 59.9 Å². The predicted molar refractivity (Wildman–Crippen MR) is 189 cm³/mol. The third kappa shape index (κ3) is 10.4. The van der Waals surface area contributed by atoms with Crippen molar-refractivity contribution in [1.29, 1.82) is 5.26 Å². The summed E-state index contributed by atoms with van der Waals surface area (Å²) >= 11 is 8.06. The molecular weight excluding hydrogens is 667 g/mol. The van der Waals surface area contributed by atoms with E-state index in [0.29, 0.717) is 23.8 Å². The third-order valence-corrected chi connectivity index (χ3v) is 10.7. The number of carbonyl (C=O) groups is 2. The molecule has 4 rings (SSSR count). The van der Waals surface area contributed by atoms with Crippen LogP contribution in [0.4, 0.5) is 0 Å². The fraction of sp³-hybridized carbons (Fsp3) is 0.270. The molecule has 0 aromatic heterocycles. The minimum Gasteiger partial charge on any atom is -0.293 e. The zero-order chi connectivity index (χ0) is 31.5. The molecular formula is C37H36BrNO2S3. The number of alkyl halides is 1. The van der Waals surface area contributed by atoms with Gasteiger partial charge in [0.25, 0.3) is 0 Å². The Balaban J connectivity index is 1.26. The number of Topliss-reactive ketones (excluding diaryl/α,β-unsaturated/α-hetero) is 2. The Hall–Kier alpha value is -2.76. The SMILES string of the molecule is CC(C)CC(SC#N)C(=O)c1ccc(Sc2ccc(CC(C)CC(Br)C(=O)c3ccc(Sc4ccccc4)cc3)cc2)cc1. The van der Waals surface area contributed by atoms with Gasteiger partial charge in [0, 0.05) is 30.7 Å². The maximum Gasteiger partial charge on any atom is 0.176 e. The lowest BCUT2D eigenvalue weighted by atomic mass is 9.94. The first kappa shape index (κ1) is 34.1. The predicted octanol–water partition coefficient (Wildman–Crippen LogP) is 11.0. The lowest BCUT2D eigenvalue weighted by Crippen LogP contribution is -2.19. The summed E-state index contributed by atoms with van der Waals surface area (Å²) in [6.45, 7) is 6.32. The highest BCUT2D eigenvalue weighted by atomic mass is 79.9. The minimum absolute atomic E-state index is 0.0172. The summed E-state index contributed by atoms with van der Waals surface area (Å²) in [5, 5.41) is 10.9. The molecule has 0 spiro atoms. The molecule has 0 aliphatic heterocycles. The van der Waals surface area contributed by atoms with E-state index in [1.807, 2.05) is 66.7 Å². The van der Waals surface area contributed by atoms with Gasteiger partial charge in [-0.2, -0.15) is 5.26 Å². The molecule has 0 fully saturated rings. The lowest BCUT2D eigenvalue weighted by molar-refractivity contribution is 0.0975. The van der Waals surface area contributed by atoms with Gasteiger partial charge in [-0.15, -0.1) is 0 Å². The van der Waals surface area contributed by atoms with Crippen LogP contribution in [0, 0.1) is 22.5 Å². The van der Waals surface area contributed by atoms with E-state index in [1.165, 1.54) is 10.5 Å². The van der Waals surface area contributed by atoms with Crippen molar-refractivity contribution in [2.75, 3.05) is 0 Å². The highest BCUT2D eigenvalue weighted by Crippen LogP contribution is 2.31. The summed E-state index contributed by atoms with van der Waals surface area (Å²) in [5.74, 6) is 0.816. The van der Waals surface area contributed by atoms with Gasteiger partial charge in [-0.05, 0) is 97.0 Å². The lowest BCUT2D eigenvalue weighted by Gasteiger charge is -2.16. The summed E-state index contributed by atoms with van der Waals surface area (Å²) < 4.78 is 0. The summed E-state index contributed by atoms with van der Waals surface area (Å²) in [7, 11) is 0. The number of carbonyl (C=O) groups excluding carboxylic acids is 2. The van der Waals surface area contributed by atoms with Gasteiger partial charge in [0.1, 0.15) is 5.40 Å². The number of benzene rings is 4. The summed E-state index contributed by atoms with van der Waals surface area (Å²) in [4.78, 5) is 30.2. The fourth-order valence-corrected chi connectivity index (χ4v) is 8.25. The summed E-state index contributed by atoms with van der Waals surface area (Å²) in [5.41, 5.74) is 2.62. The Bertz CT molecular complexity index is 1550. The standard InChI is InChI=1S/C37H36BrNO2S3/c1-25(2)21-35(42-24-39)37(41)29-13-19-33(20-14-29)44-31-15-9-27(10-16-31)22-26(3)23-34(38)36(40)28-11-17-32(18-12-28)43-30-7-5-4-6-8-30/h4-20,25-26,34-35H,21-23H2,1-3H3. The first-order valence-corrected chi connectivity index (χ1v) is 18.1. The van der Waals surface area contributed by atoms with Crippen molar-refractivity contribution in [3.63, 3.8) is 0 Å². The maximum atomic E-state index is 13.1. The number of thioether (sulfide) groups is 1. The van der Waals surface area contributed by atoms with Gasteiger partial charge in [0.15, 0.2) is 11.6 Å². The van der Waals surface area contributed by atoms with E-state index in [-0.39, 0.29) is 21.6 Å². The van der Waals surface area contributed by atoms with Crippen molar-refractivity contribution in [3.8, 4) is 5.40 Å². The number of rotatable bonds is 15. The summed E-state index contributed by atoms with van der Waals surface area (Å²) in [6.07, 6.45) is 2.33. The number of halogens is 1. The van der Waals surface area contributed by atoms with Crippen LogP contribution in [0.15, 0.2) is 123 Å². The van der Waals surface area contributed by atoms with E-state index in [9.17, 15) is 9.59 Å². The maximum absolute atomic E-state index is 13.1. The van der Waals surface area contributed by atoms with Crippen LogP contribution in [0.3, 0.4) is 0 Å². The van der Waals surface area contributed by atoms with Crippen molar-refractivity contribution in [2.45, 2.75) is 69.7 Å². The average molecular weight is 703 g/mol. The number of ketones is 2. The quantitative estimate of drug-likeness (QED) is 0.0698. The van der Waals surface area contributed by atoms with E-state index in [1.54, 1.807) is 23.5 Å². The molecule has 3 atom stereocenters. The minimum atomic E-state index is -0.331. The molecule has 0 aliphatic rings. The van der Waals surface area contributed by atoms with Gasteiger partial charge in [-0.25, -0.2) is 0 Å². The highest BCUT2D eigenvalue weighted by molar-refractivity contribution is 9.10. The van der Waals surface area contributed by atoms with Gasteiger partial charge in [0.2, 0.25) is 0 Å². The van der Waals surface area contributed by atoms with Gasteiger partial charge < -0.3 is 0 Å². The van der Waals surface area contributed by atoms with Gasteiger partial charge in [-0.1, -0.05) is 115 Å². The average Bonchev–Trinajstić information content (AvgIpc) is 3.02. The number of hydrogen-bond donors (Lipinski definition) is 0. The Labute approximate surface area is 282 Å². The van der Waals surface area contributed by atoms with Crippen LogP contribution in [-0.2, 0) is 6.42 Å². The van der Waals surface area contributed by atoms with Crippen molar-refractivity contribution < 1.29 is 9.59 Å². The van der Waals surface area contributed by atoms with Crippen LogP contribution in [0.2, 0.25) is 0 Å². The number of hydrogen-bond acceptors (Lipinski definition) is 6. The Kier molecular flexibility index (Phi) is 13.2. The van der Waals surface area contributed by atoms with Crippen LogP contribution in [-0.4, -0.2) is 21.6 Å². The largest absolute Gasteiger partial charge is 0.293 e. The molecule has 44 heavy (non-hydrogen) atoms. The van der Waals surface area contributed by atoms with Crippen molar-refractivity contribution in [1.82, 2.24) is 0 Å². The van der Waals surface area contributed by atoms with Crippen molar-refractivity contribution in [3.05, 3.63) is 120 Å². The molecule has 0 radical (unpaired) electrons. The van der Waals surface area contributed by atoms with E-state index in [0.717, 1.165) is 44.9 Å². The zero-order valence-corrected chi connectivity index (χ0v) is 29.1. The molecule has 0 bridgehead atoms. The third-order valence-electron chi connectivity index (χ3n) is 7.07. The van der Waals surface area contributed by atoms with Crippen molar-refractivity contribution in [2.24, 2.45) is 11.8 Å². The number of nitrogens with zero attached hydrogens (tertiary/aromatic N) is 1. The Morgan fingerprint density at radius 1 is 0.682 bits per heavy atom. The highest BCUT2D eigenvalue weighted by Gasteiger charge is 2.22. The smallest absolute Gasteiger partial charge is 0.176 e. The van der Waals surface area contributed by atoms with Gasteiger partial charge in [-0.3, -0.25) is 9.59 Å². The fourth-order valence-electron chi connectivity index (χ4n) is 4.84. The second-order valence-corrected chi connectivity index (χ2v) is 15.7. The van der Waals surface area contributed by atoms with E-state index in [2.05, 4.69) is 78.5 Å². The number of thiocyanates is 1. The molecule has 3 unspecified atom stereocenters. The van der Waals surface area contributed by atoms with Crippen LogP contribution >= 0.6 is 51.2 Å². The van der Waals surface area contributed by atoms with Crippen LogP contribution in [0.25, 0.3) is 0 Å². The summed E-state index contributed by atoms with van der Waals surface area (Å²) in [6, 6.07) is 34.3. The van der Waals surface area contributed by atoms with Gasteiger partial charge in [0.05, 0.1) is 10.1 Å². The molecule has 226 valence electrons. The first-order valence-electron chi connectivity index (χ1n) is 14.7. The van der Waals surface area contributed by atoms with Gasteiger partial charge >= 0.3 is 0 Å². The molecule has 4 aromatic rings. The van der Waals surface area contributed by atoms with Crippen molar-refractivity contribution >= 4 is 62.8 Å². The second kappa shape index (κ2) is 17.1. The van der Waals surface area contributed by atoms with Crippen LogP contribution < -0.4 is 0 Å². The normalized spacial score (nSPS) is 13.2. The molecule has 0 amide bonds. The monoisotopic (exact) mass is 701 g/mol. The molecule has 0 N–H and O–H groups in total. The molecule has 0 saturated carbocycles.